The zero-order valence-electron chi connectivity index (χ0n) is 18.9. The number of piperidine rings is 1. The van der Waals surface area contributed by atoms with E-state index in [1.807, 2.05) is 6.07 Å². The molecule has 0 atom stereocenters. The van der Waals surface area contributed by atoms with E-state index in [1.54, 1.807) is 0 Å². The van der Waals surface area contributed by atoms with Crippen LogP contribution < -0.4 is 20.4 Å². The van der Waals surface area contributed by atoms with Gasteiger partial charge in [0.15, 0.2) is 5.11 Å². The van der Waals surface area contributed by atoms with Crippen LogP contribution in [0.4, 0.5) is 17.6 Å². The van der Waals surface area contributed by atoms with Crippen molar-refractivity contribution in [1.82, 2.24) is 15.3 Å². The van der Waals surface area contributed by atoms with Gasteiger partial charge in [0, 0.05) is 38.8 Å². The number of aryl methyl sites for hydroxylation is 1. The maximum Gasteiger partial charge on any atom is 0.232 e. The second-order valence-electron chi connectivity index (χ2n) is 8.65. The average Bonchev–Trinajstić information content (AvgIpc) is 2.83. The molecule has 1 aromatic heterocycles. The number of morpholine rings is 1. The van der Waals surface area contributed by atoms with Crippen LogP contribution in [0.1, 0.15) is 31.7 Å². The summed E-state index contributed by atoms with van der Waals surface area (Å²) in [6, 6.07) is 12.6. The van der Waals surface area contributed by atoms with Gasteiger partial charge in [0.25, 0.3) is 0 Å². The van der Waals surface area contributed by atoms with E-state index in [9.17, 15) is 0 Å². The van der Waals surface area contributed by atoms with Crippen LogP contribution in [0.5, 0.6) is 0 Å². The van der Waals surface area contributed by atoms with Crippen LogP contribution in [0.15, 0.2) is 36.4 Å². The Bertz CT molecular complexity index is 866. The normalized spacial score (nSPS) is 17.3. The maximum atomic E-state index is 5.53. The molecule has 0 radical (unpaired) electrons. The van der Waals surface area contributed by atoms with Crippen molar-refractivity contribution in [3.63, 3.8) is 0 Å². The highest BCUT2D eigenvalue weighted by atomic mass is 32.1. The fourth-order valence-corrected chi connectivity index (χ4v) is 4.31. The predicted molar refractivity (Wildman–Crippen MR) is 135 cm³/mol. The molecule has 0 amide bonds. The molecule has 3 heterocycles. The first kappa shape index (κ1) is 22.7. The third kappa shape index (κ3) is 6.53. The second-order valence-corrected chi connectivity index (χ2v) is 9.06. The number of hydrogen-bond donors (Lipinski definition) is 2. The molecule has 1 aromatic carbocycles. The third-order valence-corrected chi connectivity index (χ3v) is 6.38. The molecule has 0 saturated carbocycles. The fraction of sp³-hybridized carbons (Fsp3) is 0.542. The Labute approximate surface area is 196 Å². The molecule has 2 aliphatic rings. The first-order chi connectivity index (χ1) is 15.7. The van der Waals surface area contributed by atoms with Gasteiger partial charge in [-0.15, -0.1) is 0 Å². The van der Waals surface area contributed by atoms with E-state index in [1.165, 1.54) is 18.4 Å². The van der Waals surface area contributed by atoms with Crippen molar-refractivity contribution < 1.29 is 4.74 Å². The molecule has 7 nitrogen and oxygen atoms in total. The predicted octanol–water partition coefficient (Wildman–Crippen LogP) is 3.47. The summed E-state index contributed by atoms with van der Waals surface area (Å²) < 4.78 is 5.52. The summed E-state index contributed by atoms with van der Waals surface area (Å²) in [5, 5.41) is 7.09. The van der Waals surface area contributed by atoms with Crippen molar-refractivity contribution in [2.45, 2.75) is 32.6 Å². The molecule has 0 aliphatic carbocycles. The van der Waals surface area contributed by atoms with Crippen LogP contribution in [0.25, 0.3) is 0 Å². The highest BCUT2D eigenvalue weighted by Crippen LogP contribution is 2.26. The Kier molecular flexibility index (Phi) is 8.12. The van der Waals surface area contributed by atoms with Gasteiger partial charge in [0.05, 0.1) is 13.2 Å². The van der Waals surface area contributed by atoms with Crippen molar-refractivity contribution in [2.75, 3.05) is 61.1 Å². The van der Waals surface area contributed by atoms with Gasteiger partial charge in [-0.05, 0) is 49.4 Å². The lowest BCUT2D eigenvalue weighted by Crippen LogP contribution is -2.38. The minimum atomic E-state index is 0.558. The average molecular weight is 455 g/mol. The van der Waals surface area contributed by atoms with E-state index in [0.29, 0.717) is 11.1 Å². The molecule has 2 aromatic rings. The van der Waals surface area contributed by atoms with Gasteiger partial charge in [-0.2, -0.15) is 9.97 Å². The highest BCUT2D eigenvalue weighted by molar-refractivity contribution is 7.80. The van der Waals surface area contributed by atoms with Gasteiger partial charge in [0.1, 0.15) is 11.6 Å². The molecule has 4 rings (SSSR count). The summed E-state index contributed by atoms with van der Waals surface area (Å²) in [6.45, 7) is 8.33. The quantitative estimate of drug-likeness (QED) is 0.487. The molecule has 32 heavy (non-hydrogen) atoms. The molecule has 2 aliphatic heterocycles. The van der Waals surface area contributed by atoms with E-state index in [4.69, 9.17) is 26.9 Å². The molecule has 2 saturated heterocycles. The Hall–Kier alpha value is -2.45. The number of ether oxygens (including phenoxy) is 1. The van der Waals surface area contributed by atoms with Crippen LogP contribution in [0.2, 0.25) is 0 Å². The van der Waals surface area contributed by atoms with Gasteiger partial charge in [-0.25, -0.2) is 0 Å². The SMILES string of the molecule is CC1CCN(c2cc(N3CCOCC3)nc(NC(=S)NCCCc3ccccc3)n2)CC1. The van der Waals surface area contributed by atoms with Gasteiger partial charge < -0.3 is 25.2 Å². The van der Waals surface area contributed by atoms with E-state index in [-0.39, 0.29) is 0 Å². The Balaban J connectivity index is 1.38. The Morgan fingerprint density at radius 3 is 2.38 bits per heavy atom. The highest BCUT2D eigenvalue weighted by Gasteiger charge is 2.21. The minimum absolute atomic E-state index is 0.558. The lowest BCUT2D eigenvalue weighted by atomic mass is 9.99. The summed E-state index contributed by atoms with van der Waals surface area (Å²) in [5.41, 5.74) is 1.34. The van der Waals surface area contributed by atoms with Crippen molar-refractivity contribution in [3.05, 3.63) is 42.0 Å². The second kappa shape index (κ2) is 11.4. The third-order valence-electron chi connectivity index (χ3n) is 6.14. The number of rotatable bonds is 7. The first-order valence-corrected chi connectivity index (χ1v) is 12.1. The molecule has 0 bridgehead atoms. The monoisotopic (exact) mass is 454 g/mol. The zero-order chi connectivity index (χ0) is 22.2. The minimum Gasteiger partial charge on any atom is -0.378 e. The first-order valence-electron chi connectivity index (χ1n) is 11.7. The van der Waals surface area contributed by atoms with Gasteiger partial charge in [0.2, 0.25) is 5.95 Å². The van der Waals surface area contributed by atoms with Crippen LogP contribution in [-0.4, -0.2) is 61.0 Å². The number of nitrogens with one attached hydrogen (secondary N) is 2. The summed E-state index contributed by atoms with van der Waals surface area (Å²) in [7, 11) is 0. The summed E-state index contributed by atoms with van der Waals surface area (Å²) in [5.74, 6) is 3.24. The smallest absolute Gasteiger partial charge is 0.232 e. The lowest BCUT2D eigenvalue weighted by molar-refractivity contribution is 0.122. The van der Waals surface area contributed by atoms with E-state index in [0.717, 1.165) is 76.3 Å². The molecular formula is C24H34N6OS. The largest absolute Gasteiger partial charge is 0.378 e. The van der Waals surface area contributed by atoms with E-state index < -0.39 is 0 Å². The van der Waals surface area contributed by atoms with Crippen LogP contribution >= 0.6 is 12.2 Å². The standard InChI is InChI=1S/C24H34N6OS/c1-19-9-12-29(13-10-19)21-18-22(30-14-16-31-17-15-30)27-23(26-21)28-24(32)25-11-5-8-20-6-3-2-4-7-20/h2-4,6-7,18-19H,5,8-17H2,1H3,(H2,25,26,27,28,32). The maximum absolute atomic E-state index is 5.53. The molecule has 2 fully saturated rings. The molecule has 8 heteroatoms. The van der Waals surface area contributed by atoms with Gasteiger partial charge in [-0.1, -0.05) is 37.3 Å². The molecule has 0 unspecified atom stereocenters. The number of aromatic nitrogens is 2. The number of hydrogen-bond acceptors (Lipinski definition) is 6. The number of benzene rings is 1. The topological polar surface area (TPSA) is 65.6 Å². The van der Waals surface area contributed by atoms with E-state index >= 15 is 0 Å². The van der Waals surface area contributed by atoms with Crippen LogP contribution in [0.3, 0.4) is 0 Å². The number of thiocarbonyl (C=S) groups is 1. The molecule has 172 valence electrons. The number of anilines is 3. The molecule has 0 spiro atoms. The van der Waals surface area contributed by atoms with Gasteiger partial charge in [-0.3, -0.25) is 0 Å². The lowest BCUT2D eigenvalue weighted by Gasteiger charge is -2.33. The van der Waals surface area contributed by atoms with Crippen LogP contribution in [-0.2, 0) is 11.2 Å². The van der Waals surface area contributed by atoms with E-state index in [2.05, 4.69) is 57.7 Å². The van der Waals surface area contributed by atoms with Crippen molar-refractivity contribution in [1.29, 1.82) is 0 Å². The van der Waals surface area contributed by atoms with Crippen molar-refractivity contribution >= 4 is 34.9 Å². The summed E-state index contributed by atoms with van der Waals surface area (Å²) in [6.07, 6.45) is 4.43. The zero-order valence-corrected chi connectivity index (χ0v) is 19.7. The fourth-order valence-electron chi connectivity index (χ4n) is 4.12. The Morgan fingerprint density at radius 2 is 1.69 bits per heavy atom. The molecule has 2 N–H and O–H groups in total. The van der Waals surface area contributed by atoms with Crippen molar-refractivity contribution in [3.8, 4) is 0 Å². The van der Waals surface area contributed by atoms with Gasteiger partial charge >= 0.3 is 0 Å². The molecular weight excluding hydrogens is 420 g/mol. The van der Waals surface area contributed by atoms with Crippen LogP contribution in [0, 0.1) is 5.92 Å². The summed E-state index contributed by atoms with van der Waals surface area (Å²) >= 11 is 5.53. The Morgan fingerprint density at radius 1 is 1.03 bits per heavy atom. The number of nitrogens with zero attached hydrogens (tertiary/aromatic N) is 4. The summed E-state index contributed by atoms with van der Waals surface area (Å²) in [4.78, 5) is 14.2. The van der Waals surface area contributed by atoms with Crippen molar-refractivity contribution in [2.24, 2.45) is 5.92 Å².